The third kappa shape index (κ3) is 4.74. The summed E-state index contributed by atoms with van der Waals surface area (Å²) in [4.78, 5) is 0. The summed E-state index contributed by atoms with van der Waals surface area (Å²) in [5.41, 5.74) is 13.1. The SMILES string of the molecule is [Ge][c]1ccccc1-c1ccccc1-c1cccc2c(-c3ccc4ccccc4c3)c3cccc(-c4ccc[c]5c4-c4cccc[c]4[Ge]5)c3cc12. The van der Waals surface area contributed by atoms with Crippen LogP contribution < -0.4 is 13.2 Å². The van der Waals surface area contributed by atoms with Crippen molar-refractivity contribution in [1.82, 2.24) is 0 Å². The third-order valence-corrected chi connectivity index (χ3v) is 14.2. The molecule has 0 saturated heterocycles. The summed E-state index contributed by atoms with van der Waals surface area (Å²) in [5.74, 6) is 0. The van der Waals surface area contributed by atoms with Gasteiger partial charge in [0.15, 0.2) is 0 Å². The van der Waals surface area contributed by atoms with Crippen LogP contribution in [-0.4, -0.2) is 31.9 Å². The average Bonchev–Trinajstić information content (AvgIpc) is 3.56. The van der Waals surface area contributed by atoms with E-state index in [-0.39, 0.29) is 15.4 Å². The first kappa shape index (κ1) is 29.7. The van der Waals surface area contributed by atoms with Crippen LogP contribution in [0.2, 0.25) is 0 Å². The van der Waals surface area contributed by atoms with Gasteiger partial charge in [-0.15, -0.1) is 0 Å². The van der Waals surface area contributed by atoms with Gasteiger partial charge in [-0.05, 0) is 0 Å². The second kappa shape index (κ2) is 12.0. The Labute approximate surface area is 307 Å². The van der Waals surface area contributed by atoms with E-state index >= 15 is 0 Å². The van der Waals surface area contributed by atoms with Crippen molar-refractivity contribution in [3.63, 3.8) is 0 Å². The number of hydrogen-bond acceptors (Lipinski definition) is 0. The molecule has 10 rings (SSSR count). The molecule has 0 aliphatic carbocycles. The van der Waals surface area contributed by atoms with Crippen LogP contribution in [0.15, 0.2) is 176 Å². The number of benzene rings is 9. The Morgan fingerprint density at radius 3 is 1.62 bits per heavy atom. The maximum atomic E-state index is 2.49. The molecule has 229 valence electrons. The van der Waals surface area contributed by atoms with Gasteiger partial charge in [-0.2, -0.15) is 0 Å². The number of fused-ring (bicyclic) bond motifs is 6. The molecule has 0 unspecified atom stereocenters. The molecule has 2 heteroatoms. The Balaban J connectivity index is 1.33. The molecule has 0 nitrogen and oxygen atoms in total. The second-order valence-corrected chi connectivity index (χ2v) is 17.0. The van der Waals surface area contributed by atoms with E-state index in [1.54, 1.807) is 0 Å². The molecule has 0 spiro atoms. The van der Waals surface area contributed by atoms with Crippen LogP contribution in [0, 0.1) is 0 Å². The van der Waals surface area contributed by atoms with E-state index in [0.717, 1.165) is 0 Å². The Morgan fingerprint density at radius 1 is 0.320 bits per heavy atom. The van der Waals surface area contributed by atoms with Crippen LogP contribution in [0.5, 0.6) is 0 Å². The summed E-state index contributed by atoms with van der Waals surface area (Å²) in [6, 6.07) is 65.7. The normalized spacial score (nSPS) is 12.0. The van der Waals surface area contributed by atoms with Crippen LogP contribution in [-0.2, 0) is 0 Å². The van der Waals surface area contributed by atoms with Gasteiger partial charge in [0.25, 0.3) is 0 Å². The molecule has 0 saturated carbocycles. The van der Waals surface area contributed by atoms with Crippen LogP contribution >= 0.6 is 0 Å². The topological polar surface area (TPSA) is 0 Å². The van der Waals surface area contributed by atoms with Crippen molar-refractivity contribution in [2.45, 2.75) is 0 Å². The molecule has 1 aliphatic rings. The van der Waals surface area contributed by atoms with E-state index in [1.165, 1.54) is 101 Å². The van der Waals surface area contributed by atoms with Gasteiger partial charge in [-0.25, -0.2) is 0 Å². The molecular formula is C48H29Ge2. The molecule has 0 amide bonds. The first-order valence-corrected chi connectivity index (χ1v) is 20.3. The van der Waals surface area contributed by atoms with Crippen molar-refractivity contribution < 1.29 is 0 Å². The van der Waals surface area contributed by atoms with Crippen molar-refractivity contribution in [3.05, 3.63) is 176 Å². The second-order valence-electron chi connectivity index (χ2n) is 13.1. The van der Waals surface area contributed by atoms with Crippen LogP contribution in [0.1, 0.15) is 0 Å². The molecule has 0 fully saturated rings. The van der Waals surface area contributed by atoms with E-state index in [2.05, 4.69) is 192 Å². The van der Waals surface area contributed by atoms with Gasteiger partial charge in [0.1, 0.15) is 0 Å². The van der Waals surface area contributed by atoms with Crippen LogP contribution in [0.4, 0.5) is 0 Å². The van der Waals surface area contributed by atoms with E-state index in [0.29, 0.717) is 0 Å². The van der Waals surface area contributed by atoms with E-state index in [4.69, 9.17) is 0 Å². The summed E-state index contributed by atoms with van der Waals surface area (Å²) in [6.07, 6.45) is 0. The van der Waals surface area contributed by atoms with E-state index < -0.39 is 0 Å². The minimum absolute atomic E-state index is 0.366. The Hall–Kier alpha value is -5.15. The fourth-order valence-corrected chi connectivity index (χ4v) is 11.7. The predicted octanol–water partition coefficient (Wildman–Crippen LogP) is 10.2. The monoisotopic (exact) mass is 753 g/mol. The quantitative estimate of drug-likeness (QED) is 0.124. The van der Waals surface area contributed by atoms with E-state index in [9.17, 15) is 0 Å². The van der Waals surface area contributed by atoms with Crippen molar-refractivity contribution >= 4 is 77.5 Å². The summed E-state index contributed by atoms with van der Waals surface area (Å²) in [5, 5.41) is 7.65. The van der Waals surface area contributed by atoms with Crippen LogP contribution in [0.3, 0.4) is 0 Å². The Morgan fingerprint density at radius 2 is 0.860 bits per heavy atom. The van der Waals surface area contributed by atoms with Gasteiger partial charge in [-0.3, -0.25) is 0 Å². The molecular weight excluding hydrogens is 722 g/mol. The fourth-order valence-electron chi connectivity index (χ4n) is 8.09. The molecule has 0 N–H and O–H groups in total. The first-order valence-electron chi connectivity index (χ1n) is 17.1. The average molecular weight is 751 g/mol. The molecule has 5 radical (unpaired) electrons. The summed E-state index contributed by atoms with van der Waals surface area (Å²) < 4.78 is 4.35. The summed E-state index contributed by atoms with van der Waals surface area (Å²) in [7, 11) is 0. The summed E-state index contributed by atoms with van der Waals surface area (Å²) >= 11 is 1.85. The molecule has 0 atom stereocenters. The van der Waals surface area contributed by atoms with Gasteiger partial charge >= 0.3 is 303 Å². The van der Waals surface area contributed by atoms with Gasteiger partial charge in [0.2, 0.25) is 0 Å². The van der Waals surface area contributed by atoms with Gasteiger partial charge in [0, 0.05) is 0 Å². The molecule has 9 aromatic rings. The zero-order valence-electron chi connectivity index (χ0n) is 27.2. The number of hydrogen-bond donors (Lipinski definition) is 0. The summed E-state index contributed by atoms with van der Waals surface area (Å²) in [6.45, 7) is 0. The first-order chi connectivity index (χ1) is 24.7. The molecule has 50 heavy (non-hydrogen) atoms. The minimum atomic E-state index is -0.366. The van der Waals surface area contributed by atoms with Gasteiger partial charge < -0.3 is 0 Å². The van der Waals surface area contributed by atoms with Crippen molar-refractivity contribution in [2.75, 3.05) is 0 Å². The standard InChI is InChI=1S/C48H29Ge2/c49-44-23-7-5-16-37(44)34-15-4-3-14-33(34)35-18-9-20-39-42(35)29-43-36(38-22-11-25-46-48(38)41-17-6-8-24-45(41)50-46)19-10-21-40(43)47(39)32-27-26-30-12-1-2-13-31(30)28-32/h1-29H. The third-order valence-electron chi connectivity index (χ3n) is 10.3. The van der Waals surface area contributed by atoms with Gasteiger partial charge in [0.05, 0.1) is 0 Å². The fraction of sp³-hybridized carbons (Fsp3) is 0. The van der Waals surface area contributed by atoms with Gasteiger partial charge in [-0.1, -0.05) is 6.07 Å². The number of rotatable bonds is 4. The molecule has 1 heterocycles. The van der Waals surface area contributed by atoms with Crippen molar-refractivity contribution in [2.24, 2.45) is 0 Å². The van der Waals surface area contributed by atoms with E-state index in [1.807, 2.05) is 0 Å². The zero-order chi connectivity index (χ0) is 33.2. The van der Waals surface area contributed by atoms with Crippen molar-refractivity contribution in [3.8, 4) is 55.6 Å². The molecule has 0 bridgehead atoms. The maximum absolute atomic E-state index is 2.49. The van der Waals surface area contributed by atoms with Crippen molar-refractivity contribution in [1.29, 1.82) is 0 Å². The Kier molecular flexibility index (Phi) is 7.15. The molecule has 0 aromatic heterocycles. The Bertz CT molecular complexity index is 2810. The predicted molar refractivity (Wildman–Crippen MR) is 217 cm³/mol. The zero-order valence-corrected chi connectivity index (χ0v) is 31.4. The van der Waals surface area contributed by atoms with Crippen LogP contribution in [0.25, 0.3) is 88.0 Å². The molecule has 1 aliphatic heterocycles. The molecule has 9 aromatic carbocycles.